The van der Waals surface area contributed by atoms with E-state index >= 15 is 0 Å². The molecule has 3 N–H and O–H groups in total. The number of hydrogen-bond donors (Lipinski definition) is 3. The molecule has 0 aliphatic heterocycles. The molecule has 1 atom stereocenters. The van der Waals surface area contributed by atoms with Gasteiger partial charge in [-0.05, 0) is 42.3 Å². The van der Waals surface area contributed by atoms with Crippen molar-refractivity contribution in [3.05, 3.63) is 70.5 Å². The van der Waals surface area contributed by atoms with E-state index in [0.29, 0.717) is 10.6 Å². The third-order valence-corrected chi connectivity index (χ3v) is 4.42. The molecule has 6 nitrogen and oxygen atoms in total. The second-order valence-corrected chi connectivity index (χ2v) is 7.17. The molecule has 0 saturated carbocycles. The molecular formula is C21H23ClFN3O3. The van der Waals surface area contributed by atoms with Crippen molar-refractivity contribution in [3.8, 4) is 0 Å². The van der Waals surface area contributed by atoms with Crippen LogP contribution in [0.1, 0.15) is 34.6 Å². The van der Waals surface area contributed by atoms with Gasteiger partial charge < -0.3 is 16.0 Å². The minimum Gasteiger partial charge on any atom is -0.353 e. The van der Waals surface area contributed by atoms with Crippen molar-refractivity contribution in [2.45, 2.75) is 19.9 Å². The molecule has 0 fully saturated rings. The highest BCUT2D eigenvalue weighted by Gasteiger charge is 2.25. The number of carbonyl (C=O) groups excluding carboxylic acids is 3. The average Bonchev–Trinajstić information content (AvgIpc) is 2.69. The number of hydrogen-bond acceptors (Lipinski definition) is 3. The predicted octanol–water partition coefficient (Wildman–Crippen LogP) is 2.78. The summed E-state index contributed by atoms with van der Waals surface area (Å²) in [7, 11) is 0. The fourth-order valence-electron chi connectivity index (χ4n) is 2.57. The van der Waals surface area contributed by atoms with E-state index in [2.05, 4.69) is 16.0 Å². The topological polar surface area (TPSA) is 87.3 Å². The Hall–Kier alpha value is -2.93. The molecule has 8 heteroatoms. The van der Waals surface area contributed by atoms with Crippen LogP contribution in [0.3, 0.4) is 0 Å². The van der Waals surface area contributed by atoms with Crippen molar-refractivity contribution in [1.82, 2.24) is 16.0 Å². The Bertz CT molecular complexity index is 872. The van der Waals surface area contributed by atoms with E-state index in [1.54, 1.807) is 44.2 Å². The van der Waals surface area contributed by atoms with E-state index in [-0.39, 0.29) is 30.5 Å². The molecule has 0 bridgehead atoms. The van der Waals surface area contributed by atoms with Crippen molar-refractivity contribution in [2.24, 2.45) is 5.92 Å². The smallest absolute Gasteiger partial charge is 0.254 e. The van der Waals surface area contributed by atoms with Gasteiger partial charge in [0.25, 0.3) is 11.8 Å². The molecule has 3 amide bonds. The van der Waals surface area contributed by atoms with Gasteiger partial charge in [-0.1, -0.05) is 37.6 Å². The van der Waals surface area contributed by atoms with E-state index < -0.39 is 23.7 Å². The average molecular weight is 420 g/mol. The second-order valence-electron chi connectivity index (χ2n) is 6.73. The number of amides is 3. The molecule has 0 radical (unpaired) electrons. The minimum absolute atomic E-state index is 0.124. The van der Waals surface area contributed by atoms with Crippen molar-refractivity contribution < 1.29 is 18.8 Å². The van der Waals surface area contributed by atoms with Crippen LogP contribution >= 0.6 is 11.6 Å². The largest absolute Gasteiger partial charge is 0.353 e. The van der Waals surface area contributed by atoms with Gasteiger partial charge in [-0.25, -0.2) is 4.39 Å². The van der Waals surface area contributed by atoms with E-state index in [0.717, 1.165) is 0 Å². The maximum atomic E-state index is 13.8. The summed E-state index contributed by atoms with van der Waals surface area (Å²) < 4.78 is 13.8. The quantitative estimate of drug-likeness (QED) is 0.575. The van der Waals surface area contributed by atoms with E-state index in [1.807, 2.05) is 0 Å². The Balaban J connectivity index is 1.84. The fraction of sp³-hybridized carbons (Fsp3) is 0.286. The molecule has 0 aliphatic carbocycles. The van der Waals surface area contributed by atoms with Gasteiger partial charge in [0.2, 0.25) is 5.91 Å². The maximum Gasteiger partial charge on any atom is 0.254 e. The van der Waals surface area contributed by atoms with Crippen molar-refractivity contribution in [3.63, 3.8) is 0 Å². The van der Waals surface area contributed by atoms with Crippen LogP contribution in [-0.4, -0.2) is 36.9 Å². The van der Waals surface area contributed by atoms with Gasteiger partial charge in [-0.15, -0.1) is 0 Å². The standard InChI is InChI=1S/C21H23ClFN3O3/c1-13(2)18(26-20(28)16-5-3-4-6-17(16)23)21(29)25-12-11-24-19(27)14-7-9-15(22)10-8-14/h3-10,13,18H,11-12H2,1-2H3,(H,24,27)(H,25,29)(H,26,28). The molecule has 2 rings (SSSR count). The minimum atomic E-state index is -0.839. The van der Waals surface area contributed by atoms with E-state index in [1.165, 1.54) is 18.2 Å². The van der Waals surface area contributed by atoms with Gasteiger partial charge in [0.05, 0.1) is 5.56 Å². The molecule has 29 heavy (non-hydrogen) atoms. The van der Waals surface area contributed by atoms with Crippen LogP contribution in [-0.2, 0) is 4.79 Å². The lowest BCUT2D eigenvalue weighted by Gasteiger charge is -2.22. The zero-order valence-electron chi connectivity index (χ0n) is 16.2. The normalized spacial score (nSPS) is 11.6. The Kier molecular flexibility index (Phi) is 8.15. The second kappa shape index (κ2) is 10.6. The van der Waals surface area contributed by atoms with Gasteiger partial charge in [0.15, 0.2) is 0 Å². The summed E-state index contributed by atoms with van der Waals surface area (Å²) in [4.78, 5) is 36.7. The van der Waals surface area contributed by atoms with E-state index in [9.17, 15) is 18.8 Å². The lowest BCUT2D eigenvalue weighted by molar-refractivity contribution is -0.123. The first kappa shape index (κ1) is 22.4. The molecule has 0 saturated heterocycles. The predicted molar refractivity (Wildman–Crippen MR) is 109 cm³/mol. The molecule has 0 aliphatic rings. The summed E-state index contributed by atoms with van der Waals surface area (Å²) in [6.07, 6.45) is 0. The highest BCUT2D eigenvalue weighted by Crippen LogP contribution is 2.10. The van der Waals surface area contributed by atoms with Crippen molar-refractivity contribution in [2.75, 3.05) is 13.1 Å². The number of carbonyl (C=O) groups is 3. The van der Waals surface area contributed by atoms with Crippen LogP contribution in [0, 0.1) is 11.7 Å². The number of benzene rings is 2. The zero-order valence-corrected chi connectivity index (χ0v) is 16.9. The van der Waals surface area contributed by atoms with Crippen LogP contribution in [0.5, 0.6) is 0 Å². The monoisotopic (exact) mass is 419 g/mol. The first-order valence-electron chi connectivity index (χ1n) is 9.16. The highest BCUT2D eigenvalue weighted by molar-refractivity contribution is 6.30. The van der Waals surface area contributed by atoms with E-state index in [4.69, 9.17) is 11.6 Å². The van der Waals surface area contributed by atoms with Gasteiger partial charge in [0.1, 0.15) is 11.9 Å². The lowest BCUT2D eigenvalue weighted by atomic mass is 10.0. The van der Waals surface area contributed by atoms with Gasteiger partial charge >= 0.3 is 0 Å². The SMILES string of the molecule is CC(C)C(NC(=O)c1ccccc1F)C(=O)NCCNC(=O)c1ccc(Cl)cc1. The number of rotatable bonds is 8. The third-order valence-electron chi connectivity index (χ3n) is 4.17. The van der Waals surface area contributed by atoms with Crippen LogP contribution < -0.4 is 16.0 Å². The summed E-state index contributed by atoms with van der Waals surface area (Å²) in [6.45, 7) is 3.93. The van der Waals surface area contributed by atoms with Crippen LogP contribution in [0.15, 0.2) is 48.5 Å². The summed E-state index contributed by atoms with van der Waals surface area (Å²) in [5, 5.41) is 8.45. The Morgan fingerprint density at radius 3 is 2.17 bits per heavy atom. The molecule has 2 aromatic carbocycles. The molecular weight excluding hydrogens is 397 g/mol. The third kappa shape index (κ3) is 6.57. The fourth-order valence-corrected chi connectivity index (χ4v) is 2.70. The summed E-state index contributed by atoms with van der Waals surface area (Å²) in [5.41, 5.74) is 0.333. The summed E-state index contributed by atoms with van der Waals surface area (Å²) in [5.74, 6) is -2.23. The first-order valence-corrected chi connectivity index (χ1v) is 9.54. The molecule has 154 valence electrons. The van der Waals surface area contributed by atoms with Gasteiger partial charge in [0, 0.05) is 23.7 Å². The molecule has 2 aromatic rings. The highest BCUT2D eigenvalue weighted by atomic mass is 35.5. The Labute approximate surface area is 173 Å². The zero-order chi connectivity index (χ0) is 21.4. The first-order chi connectivity index (χ1) is 13.8. The van der Waals surface area contributed by atoms with Crippen molar-refractivity contribution in [1.29, 1.82) is 0 Å². The molecule has 0 aromatic heterocycles. The maximum absolute atomic E-state index is 13.8. The Morgan fingerprint density at radius 1 is 0.931 bits per heavy atom. The molecule has 0 heterocycles. The van der Waals surface area contributed by atoms with Crippen molar-refractivity contribution >= 4 is 29.3 Å². The number of nitrogens with one attached hydrogen (secondary N) is 3. The number of halogens is 2. The van der Waals surface area contributed by atoms with Gasteiger partial charge in [-0.3, -0.25) is 14.4 Å². The molecule has 0 spiro atoms. The van der Waals surface area contributed by atoms with Crippen LogP contribution in [0.25, 0.3) is 0 Å². The lowest BCUT2D eigenvalue weighted by Crippen LogP contribution is -2.51. The van der Waals surface area contributed by atoms with Crippen LogP contribution in [0.4, 0.5) is 4.39 Å². The van der Waals surface area contributed by atoms with Crippen LogP contribution in [0.2, 0.25) is 5.02 Å². The van der Waals surface area contributed by atoms with Gasteiger partial charge in [-0.2, -0.15) is 0 Å². The summed E-state index contributed by atoms with van der Waals surface area (Å²) in [6, 6.07) is 11.2. The Morgan fingerprint density at radius 2 is 1.55 bits per heavy atom. The summed E-state index contributed by atoms with van der Waals surface area (Å²) >= 11 is 5.79. The molecule has 1 unspecified atom stereocenters.